The summed E-state index contributed by atoms with van der Waals surface area (Å²) in [6, 6.07) is 0. The van der Waals surface area contributed by atoms with E-state index in [1.165, 1.54) is 0 Å². The number of hydrogen-bond donors (Lipinski definition) is 0. The number of alkyl halides is 1. The Morgan fingerprint density at radius 2 is 2.29 bits per heavy atom. The van der Waals surface area contributed by atoms with Crippen molar-refractivity contribution in [3.8, 4) is 0 Å². The van der Waals surface area contributed by atoms with Crippen LogP contribution in [0.25, 0.3) is 0 Å². The topological polar surface area (TPSA) is 17.1 Å². The van der Waals surface area contributed by atoms with Gasteiger partial charge in [-0.15, -0.1) is 11.6 Å². The average Bonchev–Trinajstić information content (AvgIpc) is 2.13. The Morgan fingerprint density at radius 1 is 1.71 bits per heavy atom. The molecule has 1 atom stereocenters. The Morgan fingerprint density at radius 3 is 2.79 bits per heavy atom. The monoisotopic (exact) mass is 212 g/mol. The molecule has 0 bridgehead atoms. The number of halogens is 1. The van der Waals surface area contributed by atoms with Crippen LogP contribution in [-0.4, -0.2) is 11.7 Å². The van der Waals surface area contributed by atoms with E-state index in [9.17, 15) is 4.79 Å². The highest BCUT2D eigenvalue weighted by molar-refractivity contribution is 6.19. The molecule has 0 aromatic heterocycles. The molecule has 14 heavy (non-hydrogen) atoms. The molecule has 1 aliphatic rings. The van der Waals surface area contributed by atoms with Gasteiger partial charge >= 0.3 is 0 Å². The van der Waals surface area contributed by atoms with Crippen LogP contribution < -0.4 is 0 Å². The van der Waals surface area contributed by atoms with E-state index in [4.69, 9.17) is 11.6 Å². The Bertz CT molecular complexity index is 299. The number of allylic oxidation sites excluding steroid dienone is 3. The maximum Gasteiger partial charge on any atom is 0.164 e. The molecule has 0 N–H and O–H groups in total. The highest BCUT2D eigenvalue weighted by atomic mass is 35.5. The number of ketones is 1. The normalized spacial score (nSPS) is 25.9. The van der Waals surface area contributed by atoms with Crippen molar-refractivity contribution in [1.82, 2.24) is 0 Å². The third-order valence-electron chi connectivity index (χ3n) is 3.14. The zero-order valence-electron chi connectivity index (χ0n) is 9.06. The first-order valence-electron chi connectivity index (χ1n) is 4.86. The lowest BCUT2D eigenvalue weighted by Gasteiger charge is -2.37. The summed E-state index contributed by atoms with van der Waals surface area (Å²) in [4.78, 5) is 11.9. The quantitative estimate of drug-likeness (QED) is 0.507. The van der Waals surface area contributed by atoms with Crippen molar-refractivity contribution >= 4 is 17.4 Å². The van der Waals surface area contributed by atoms with E-state index in [2.05, 4.69) is 6.58 Å². The van der Waals surface area contributed by atoms with Crippen LogP contribution in [0.15, 0.2) is 23.8 Å². The van der Waals surface area contributed by atoms with Crippen molar-refractivity contribution in [3.63, 3.8) is 0 Å². The molecule has 1 nitrogen and oxygen atoms in total. The predicted octanol–water partition coefficient (Wildman–Crippen LogP) is 3.34. The lowest BCUT2D eigenvalue weighted by Crippen LogP contribution is -2.37. The maximum absolute atomic E-state index is 11.9. The van der Waals surface area contributed by atoms with Crippen LogP contribution in [0.1, 0.15) is 27.2 Å². The van der Waals surface area contributed by atoms with Crippen LogP contribution in [0.5, 0.6) is 0 Å². The second-order valence-electron chi connectivity index (χ2n) is 4.52. The summed E-state index contributed by atoms with van der Waals surface area (Å²) in [5.41, 5.74) is 1.49. The highest BCUT2D eigenvalue weighted by Gasteiger charge is 2.40. The fraction of sp³-hybridized carbons (Fsp3) is 0.583. The molecule has 0 fully saturated rings. The van der Waals surface area contributed by atoms with Crippen LogP contribution in [0.4, 0.5) is 0 Å². The van der Waals surface area contributed by atoms with Crippen LogP contribution in [0.2, 0.25) is 0 Å². The zero-order chi connectivity index (χ0) is 10.9. The third-order valence-corrected chi connectivity index (χ3v) is 3.48. The zero-order valence-corrected chi connectivity index (χ0v) is 9.82. The molecule has 0 aliphatic heterocycles. The van der Waals surface area contributed by atoms with Gasteiger partial charge in [-0.25, -0.2) is 0 Å². The molecular weight excluding hydrogens is 196 g/mol. The highest BCUT2D eigenvalue weighted by Crippen LogP contribution is 2.41. The lowest BCUT2D eigenvalue weighted by atomic mass is 9.66. The van der Waals surface area contributed by atoms with Crippen LogP contribution in [0.3, 0.4) is 0 Å². The van der Waals surface area contributed by atoms with Gasteiger partial charge in [-0.1, -0.05) is 32.1 Å². The maximum atomic E-state index is 11.9. The molecule has 0 aromatic rings. The van der Waals surface area contributed by atoms with E-state index in [1.54, 1.807) is 0 Å². The van der Waals surface area contributed by atoms with Gasteiger partial charge in [0.05, 0.1) is 0 Å². The minimum absolute atomic E-state index is 0.191. The van der Waals surface area contributed by atoms with E-state index >= 15 is 0 Å². The summed E-state index contributed by atoms with van der Waals surface area (Å²) < 4.78 is 0. The molecule has 1 rings (SSSR count). The van der Waals surface area contributed by atoms with Gasteiger partial charge in [0.25, 0.3) is 0 Å². The summed E-state index contributed by atoms with van der Waals surface area (Å²) >= 11 is 5.77. The minimum atomic E-state index is -0.342. The van der Waals surface area contributed by atoms with Gasteiger partial charge in [-0.2, -0.15) is 0 Å². The smallest absolute Gasteiger partial charge is 0.164 e. The fourth-order valence-electron chi connectivity index (χ4n) is 2.12. The molecule has 0 spiro atoms. The Kier molecular flexibility index (Phi) is 3.20. The SMILES string of the molecule is C=C(CCl)[C@@H]1CC=C(C)C(=O)C1(C)C. The lowest BCUT2D eigenvalue weighted by molar-refractivity contribution is -0.125. The van der Waals surface area contributed by atoms with E-state index < -0.39 is 0 Å². The molecule has 0 saturated carbocycles. The molecule has 0 aromatic carbocycles. The van der Waals surface area contributed by atoms with Crippen molar-refractivity contribution in [2.45, 2.75) is 27.2 Å². The van der Waals surface area contributed by atoms with Crippen LogP contribution in [-0.2, 0) is 4.79 Å². The second-order valence-corrected chi connectivity index (χ2v) is 4.79. The molecule has 1 aliphatic carbocycles. The molecule has 0 amide bonds. The number of carbonyl (C=O) groups excluding carboxylic acids is 1. The number of carbonyl (C=O) groups is 1. The second kappa shape index (κ2) is 3.90. The fourth-order valence-corrected chi connectivity index (χ4v) is 2.30. The van der Waals surface area contributed by atoms with E-state index in [0.29, 0.717) is 5.88 Å². The first-order chi connectivity index (χ1) is 6.41. The van der Waals surface area contributed by atoms with E-state index in [-0.39, 0.29) is 17.1 Å². The molecule has 0 saturated heterocycles. The summed E-state index contributed by atoms with van der Waals surface area (Å²) in [7, 11) is 0. The molecule has 78 valence electrons. The molecule has 2 heteroatoms. The third kappa shape index (κ3) is 1.78. The average molecular weight is 213 g/mol. The van der Waals surface area contributed by atoms with Gasteiger partial charge in [0.2, 0.25) is 0 Å². The summed E-state index contributed by atoms with van der Waals surface area (Å²) in [5, 5.41) is 0. The van der Waals surface area contributed by atoms with Gasteiger partial charge in [0, 0.05) is 11.3 Å². The van der Waals surface area contributed by atoms with Crippen LogP contribution >= 0.6 is 11.6 Å². The van der Waals surface area contributed by atoms with Gasteiger partial charge in [-0.05, 0) is 24.8 Å². The summed E-state index contributed by atoms with van der Waals surface area (Å²) in [6.45, 7) is 9.78. The van der Waals surface area contributed by atoms with Gasteiger partial charge in [-0.3, -0.25) is 4.79 Å². The number of Topliss-reactive ketones (excluding diaryl/α,β-unsaturated/α-hetero) is 1. The van der Waals surface area contributed by atoms with E-state index in [0.717, 1.165) is 17.6 Å². The Balaban J connectivity index is 3.02. The van der Waals surface area contributed by atoms with E-state index in [1.807, 2.05) is 26.8 Å². The van der Waals surface area contributed by atoms with Gasteiger partial charge < -0.3 is 0 Å². The van der Waals surface area contributed by atoms with Gasteiger partial charge in [0.15, 0.2) is 5.78 Å². The first kappa shape index (κ1) is 11.5. The van der Waals surface area contributed by atoms with Crippen molar-refractivity contribution in [2.24, 2.45) is 11.3 Å². The Labute approximate surface area is 90.8 Å². The van der Waals surface area contributed by atoms with Crippen molar-refractivity contribution in [1.29, 1.82) is 0 Å². The van der Waals surface area contributed by atoms with Gasteiger partial charge in [0.1, 0.15) is 0 Å². The summed E-state index contributed by atoms with van der Waals surface area (Å²) in [6.07, 6.45) is 2.88. The number of hydrogen-bond acceptors (Lipinski definition) is 1. The number of rotatable bonds is 2. The largest absolute Gasteiger partial charge is 0.294 e. The van der Waals surface area contributed by atoms with Crippen molar-refractivity contribution in [2.75, 3.05) is 5.88 Å². The molecular formula is C12H17ClO. The molecule has 0 heterocycles. The minimum Gasteiger partial charge on any atom is -0.294 e. The Hall–Kier alpha value is -0.560. The van der Waals surface area contributed by atoms with Crippen LogP contribution in [0, 0.1) is 11.3 Å². The van der Waals surface area contributed by atoms with Crippen molar-refractivity contribution in [3.05, 3.63) is 23.8 Å². The predicted molar refractivity (Wildman–Crippen MR) is 60.5 cm³/mol. The summed E-state index contributed by atoms with van der Waals surface area (Å²) in [5.74, 6) is 0.852. The van der Waals surface area contributed by atoms with Crippen molar-refractivity contribution < 1.29 is 4.79 Å². The molecule has 0 radical (unpaired) electrons. The molecule has 0 unspecified atom stereocenters. The standard InChI is InChI=1S/C12H17ClO/c1-8-5-6-10(9(2)7-13)12(3,4)11(8)14/h5,10H,2,6-7H2,1,3-4H3/t10-/m0/s1. The first-order valence-corrected chi connectivity index (χ1v) is 5.40.